The van der Waals surface area contributed by atoms with Crippen LogP contribution in [0.2, 0.25) is 5.02 Å². The van der Waals surface area contributed by atoms with Gasteiger partial charge in [0.15, 0.2) is 0 Å². The summed E-state index contributed by atoms with van der Waals surface area (Å²) >= 11 is 5.68. The Balaban J connectivity index is 1.58. The van der Waals surface area contributed by atoms with E-state index in [9.17, 15) is 9.18 Å². The maximum Gasteiger partial charge on any atom is 0.227 e. The number of aromatic nitrogens is 2. The molecule has 1 amide bonds. The molecule has 0 bridgehead atoms. The van der Waals surface area contributed by atoms with Gasteiger partial charge in [-0.3, -0.25) is 4.79 Å². The SMILES string of the molecule is COc1cccc(-c2noc(CCC(=O)Nc3ccc(F)c(Cl)c3)n2)c1. The summed E-state index contributed by atoms with van der Waals surface area (Å²) in [5.74, 6) is 0.639. The fourth-order valence-corrected chi connectivity index (χ4v) is 2.43. The predicted molar refractivity (Wildman–Crippen MR) is 94.6 cm³/mol. The minimum Gasteiger partial charge on any atom is -0.497 e. The van der Waals surface area contributed by atoms with E-state index in [2.05, 4.69) is 15.5 Å². The zero-order valence-corrected chi connectivity index (χ0v) is 14.6. The second kappa shape index (κ2) is 7.97. The number of carbonyl (C=O) groups is 1. The van der Waals surface area contributed by atoms with Gasteiger partial charge in [0, 0.05) is 24.1 Å². The largest absolute Gasteiger partial charge is 0.497 e. The van der Waals surface area contributed by atoms with Crippen LogP contribution in [0, 0.1) is 5.82 Å². The molecule has 0 aliphatic heterocycles. The number of aryl methyl sites for hydroxylation is 1. The first-order valence-electron chi connectivity index (χ1n) is 7.77. The zero-order valence-electron chi connectivity index (χ0n) is 13.8. The summed E-state index contributed by atoms with van der Waals surface area (Å²) in [6.07, 6.45) is 0.409. The molecule has 0 aliphatic carbocycles. The van der Waals surface area contributed by atoms with Crippen LogP contribution < -0.4 is 10.1 Å². The Hall–Kier alpha value is -2.93. The van der Waals surface area contributed by atoms with Gasteiger partial charge in [0.25, 0.3) is 0 Å². The van der Waals surface area contributed by atoms with Crippen molar-refractivity contribution < 1.29 is 18.4 Å². The van der Waals surface area contributed by atoms with Crippen molar-refractivity contribution in [2.45, 2.75) is 12.8 Å². The van der Waals surface area contributed by atoms with Crippen molar-refractivity contribution in [3.8, 4) is 17.1 Å². The fourth-order valence-electron chi connectivity index (χ4n) is 2.25. The smallest absolute Gasteiger partial charge is 0.227 e. The van der Waals surface area contributed by atoms with E-state index in [4.69, 9.17) is 20.9 Å². The first-order chi connectivity index (χ1) is 12.5. The third-order valence-electron chi connectivity index (χ3n) is 3.57. The van der Waals surface area contributed by atoms with Gasteiger partial charge < -0.3 is 14.6 Å². The lowest BCUT2D eigenvalue weighted by Gasteiger charge is -2.04. The summed E-state index contributed by atoms with van der Waals surface area (Å²) in [4.78, 5) is 16.3. The second-order valence-corrected chi connectivity index (χ2v) is 5.83. The molecule has 0 spiro atoms. The molecule has 3 rings (SSSR count). The number of ether oxygens (including phenoxy) is 1. The van der Waals surface area contributed by atoms with Crippen molar-refractivity contribution in [3.63, 3.8) is 0 Å². The van der Waals surface area contributed by atoms with Gasteiger partial charge in [-0.2, -0.15) is 4.98 Å². The van der Waals surface area contributed by atoms with Crippen LogP contribution >= 0.6 is 11.6 Å². The van der Waals surface area contributed by atoms with Crippen LogP contribution in [0.15, 0.2) is 47.0 Å². The van der Waals surface area contributed by atoms with Crippen molar-refractivity contribution >= 4 is 23.2 Å². The van der Waals surface area contributed by atoms with E-state index >= 15 is 0 Å². The van der Waals surface area contributed by atoms with Gasteiger partial charge in [0.1, 0.15) is 11.6 Å². The molecule has 26 heavy (non-hydrogen) atoms. The topological polar surface area (TPSA) is 77.2 Å². The van der Waals surface area contributed by atoms with Crippen molar-refractivity contribution in [1.82, 2.24) is 10.1 Å². The third-order valence-corrected chi connectivity index (χ3v) is 3.85. The summed E-state index contributed by atoms with van der Waals surface area (Å²) in [6.45, 7) is 0. The molecule has 0 saturated carbocycles. The summed E-state index contributed by atoms with van der Waals surface area (Å²) in [6, 6.07) is 11.2. The predicted octanol–water partition coefficient (Wildman–Crippen LogP) is 4.11. The van der Waals surface area contributed by atoms with Crippen LogP contribution in [0.25, 0.3) is 11.4 Å². The molecular weight excluding hydrogens is 361 g/mol. The fraction of sp³-hybridized carbons (Fsp3) is 0.167. The highest BCUT2D eigenvalue weighted by Crippen LogP contribution is 2.22. The van der Waals surface area contributed by atoms with Crippen LogP contribution in [0.5, 0.6) is 5.75 Å². The highest BCUT2D eigenvalue weighted by molar-refractivity contribution is 6.31. The van der Waals surface area contributed by atoms with Gasteiger partial charge in [0.2, 0.25) is 17.6 Å². The lowest BCUT2D eigenvalue weighted by molar-refractivity contribution is -0.116. The number of amides is 1. The Labute approximate surface area is 153 Å². The molecule has 2 aromatic carbocycles. The molecule has 0 atom stereocenters. The summed E-state index contributed by atoms with van der Waals surface area (Å²) in [5, 5.41) is 6.50. The number of carbonyl (C=O) groups excluding carboxylic acids is 1. The Bertz CT molecular complexity index is 930. The molecule has 0 unspecified atom stereocenters. The Kier molecular flexibility index (Phi) is 5.48. The van der Waals surface area contributed by atoms with Gasteiger partial charge >= 0.3 is 0 Å². The van der Waals surface area contributed by atoms with Gasteiger partial charge in [-0.25, -0.2) is 4.39 Å². The number of anilines is 1. The zero-order chi connectivity index (χ0) is 18.5. The first kappa shape index (κ1) is 17.9. The maximum absolute atomic E-state index is 13.1. The Morgan fingerprint density at radius 3 is 2.92 bits per heavy atom. The van der Waals surface area contributed by atoms with Crippen LogP contribution in [0.1, 0.15) is 12.3 Å². The number of nitrogens with zero attached hydrogens (tertiary/aromatic N) is 2. The van der Waals surface area contributed by atoms with E-state index in [0.717, 1.165) is 5.56 Å². The minimum absolute atomic E-state index is 0.0531. The number of methoxy groups -OCH3 is 1. The summed E-state index contributed by atoms with van der Waals surface area (Å²) < 4.78 is 23.5. The molecule has 0 radical (unpaired) electrons. The number of hydrogen-bond acceptors (Lipinski definition) is 5. The molecule has 8 heteroatoms. The van der Waals surface area contributed by atoms with E-state index in [0.29, 0.717) is 23.2 Å². The third kappa shape index (κ3) is 4.37. The normalized spacial score (nSPS) is 10.6. The number of halogens is 2. The molecule has 134 valence electrons. The number of rotatable bonds is 6. The van der Waals surface area contributed by atoms with Gasteiger partial charge in [0.05, 0.1) is 12.1 Å². The van der Waals surface area contributed by atoms with E-state index < -0.39 is 5.82 Å². The highest BCUT2D eigenvalue weighted by atomic mass is 35.5. The van der Waals surface area contributed by atoms with Gasteiger partial charge in [-0.1, -0.05) is 28.9 Å². The average Bonchev–Trinajstić information content (AvgIpc) is 3.12. The van der Waals surface area contributed by atoms with Crippen molar-refractivity contribution in [3.05, 3.63) is 59.2 Å². The lowest BCUT2D eigenvalue weighted by atomic mass is 10.2. The molecule has 1 N–H and O–H groups in total. The summed E-state index contributed by atoms with van der Waals surface area (Å²) in [7, 11) is 1.58. The molecule has 6 nitrogen and oxygen atoms in total. The molecule has 0 saturated heterocycles. The quantitative estimate of drug-likeness (QED) is 0.701. The van der Waals surface area contributed by atoms with Gasteiger partial charge in [-0.15, -0.1) is 0 Å². The Morgan fingerprint density at radius 1 is 1.31 bits per heavy atom. The van der Waals surface area contributed by atoms with E-state index in [1.165, 1.54) is 18.2 Å². The maximum atomic E-state index is 13.1. The summed E-state index contributed by atoms with van der Waals surface area (Å²) in [5.41, 5.74) is 1.17. The number of hydrogen-bond donors (Lipinski definition) is 1. The van der Waals surface area contributed by atoms with Crippen molar-refractivity contribution in [2.75, 3.05) is 12.4 Å². The molecule has 1 heterocycles. The standard InChI is InChI=1S/C18H15ClFN3O3/c1-25-13-4-2-3-11(9-13)18-22-17(26-23-18)8-7-16(24)21-12-5-6-15(20)14(19)10-12/h2-6,9-10H,7-8H2,1H3,(H,21,24). The average molecular weight is 376 g/mol. The highest BCUT2D eigenvalue weighted by Gasteiger charge is 2.12. The van der Waals surface area contributed by atoms with Crippen LogP contribution in [0.4, 0.5) is 10.1 Å². The Morgan fingerprint density at radius 2 is 2.15 bits per heavy atom. The molecule has 0 aliphatic rings. The number of benzene rings is 2. The van der Waals surface area contributed by atoms with Crippen LogP contribution in [-0.4, -0.2) is 23.2 Å². The molecular formula is C18H15ClFN3O3. The molecule has 3 aromatic rings. The van der Waals surface area contributed by atoms with E-state index in [1.54, 1.807) is 13.2 Å². The minimum atomic E-state index is -0.541. The van der Waals surface area contributed by atoms with Crippen molar-refractivity contribution in [2.24, 2.45) is 0 Å². The van der Waals surface area contributed by atoms with E-state index in [-0.39, 0.29) is 23.8 Å². The number of nitrogens with one attached hydrogen (secondary N) is 1. The van der Waals surface area contributed by atoms with Crippen LogP contribution in [0.3, 0.4) is 0 Å². The van der Waals surface area contributed by atoms with Crippen LogP contribution in [-0.2, 0) is 11.2 Å². The van der Waals surface area contributed by atoms with Gasteiger partial charge in [-0.05, 0) is 30.3 Å². The van der Waals surface area contributed by atoms with Crippen molar-refractivity contribution in [1.29, 1.82) is 0 Å². The molecule has 0 fully saturated rings. The lowest BCUT2D eigenvalue weighted by Crippen LogP contribution is -2.12. The van der Waals surface area contributed by atoms with E-state index in [1.807, 2.05) is 18.2 Å². The monoisotopic (exact) mass is 375 g/mol. The second-order valence-electron chi connectivity index (χ2n) is 5.42. The molecule has 1 aromatic heterocycles. The first-order valence-corrected chi connectivity index (χ1v) is 8.15.